The molecular weight excluding hydrogens is 368 g/mol. The van der Waals surface area contributed by atoms with E-state index in [1.165, 1.54) is 6.92 Å². The van der Waals surface area contributed by atoms with Crippen LogP contribution >= 0.6 is 0 Å². The van der Waals surface area contributed by atoms with Gasteiger partial charge < -0.3 is 5.32 Å². The SMILES string of the molecule is CC(=O)c1ccc(NC(=O)C[C@H]2C(=O)N(C3CC3)c3nc4ccccc4n32)cc1. The lowest BCUT2D eigenvalue weighted by Crippen LogP contribution is -2.33. The first-order valence-electron chi connectivity index (χ1n) is 9.74. The number of carbonyl (C=O) groups is 3. The minimum absolute atomic E-state index is 0.0286. The Bertz CT molecular complexity index is 1140. The van der Waals surface area contributed by atoms with Gasteiger partial charge in [0.15, 0.2) is 5.78 Å². The van der Waals surface area contributed by atoms with Crippen LogP contribution in [0.1, 0.15) is 42.6 Å². The molecule has 1 aromatic heterocycles. The average molecular weight is 388 g/mol. The van der Waals surface area contributed by atoms with E-state index in [9.17, 15) is 14.4 Å². The predicted molar refractivity (Wildman–Crippen MR) is 109 cm³/mol. The smallest absolute Gasteiger partial charge is 0.253 e. The van der Waals surface area contributed by atoms with E-state index < -0.39 is 6.04 Å². The maximum Gasteiger partial charge on any atom is 0.253 e. The van der Waals surface area contributed by atoms with Gasteiger partial charge in [-0.2, -0.15) is 0 Å². The molecule has 0 radical (unpaired) electrons. The van der Waals surface area contributed by atoms with Crippen molar-refractivity contribution < 1.29 is 14.4 Å². The normalized spacial score (nSPS) is 18.2. The number of nitrogens with zero attached hydrogens (tertiary/aromatic N) is 3. The number of hydrogen-bond donors (Lipinski definition) is 1. The number of rotatable bonds is 5. The highest BCUT2D eigenvalue weighted by atomic mass is 16.2. The molecule has 7 nitrogen and oxygen atoms in total. The van der Waals surface area contributed by atoms with Crippen molar-refractivity contribution in [2.45, 2.75) is 38.3 Å². The molecule has 0 bridgehead atoms. The molecule has 2 aromatic carbocycles. The number of hydrogen-bond acceptors (Lipinski definition) is 4. The Morgan fingerprint density at radius 2 is 1.83 bits per heavy atom. The van der Waals surface area contributed by atoms with Crippen molar-refractivity contribution in [2.24, 2.45) is 0 Å². The lowest BCUT2D eigenvalue weighted by molar-refractivity contribution is -0.124. The number of anilines is 2. The molecule has 0 spiro atoms. The number of aromatic nitrogens is 2. The van der Waals surface area contributed by atoms with Crippen LogP contribution in [0.25, 0.3) is 11.0 Å². The number of para-hydroxylation sites is 2. The minimum atomic E-state index is -0.602. The minimum Gasteiger partial charge on any atom is -0.326 e. The highest BCUT2D eigenvalue weighted by molar-refractivity contribution is 6.05. The van der Waals surface area contributed by atoms with Crippen LogP contribution in [0.15, 0.2) is 48.5 Å². The number of ketones is 1. The van der Waals surface area contributed by atoms with Gasteiger partial charge in [-0.05, 0) is 56.2 Å². The fraction of sp³-hybridized carbons (Fsp3) is 0.273. The average Bonchev–Trinajstić information content (AvgIpc) is 3.41. The van der Waals surface area contributed by atoms with Crippen LogP contribution in [0.3, 0.4) is 0 Å². The summed E-state index contributed by atoms with van der Waals surface area (Å²) in [5.74, 6) is 0.296. The monoisotopic (exact) mass is 388 g/mol. The number of benzene rings is 2. The van der Waals surface area contributed by atoms with E-state index in [0.29, 0.717) is 17.2 Å². The summed E-state index contributed by atoms with van der Waals surface area (Å²) < 4.78 is 1.90. The predicted octanol–water partition coefficient (Wildman–Crippen LogP) is 3.32. The van der Waals surface area contributed by atoms with Gasteiger partial charge in [-0.25, -0.2) is 4.98 Å². The molecule has 1 aliphatic heterocycles. The van der Waals surface area contributed by atoms with Crippen LogP contribution in [-0.2, 0) is 9.59 Å². The maximum atomic E-state index is 13.1. The van der Waals surface area contributed by atoms with Crippen molar-refractivity contribution in [1.82, 2.24) is 9.55 Å². The van der Waals surface area contributed by atoms with Crippen molar-refractivity contribution in [3.05, 3.63) is 54.1 Å². The zero-order chi connectivity index (χ0) is 20.1. The summed E-state index contributed by atoms with van der Waals surface area (Å²) in [5, 5.41) is 2.83. The zero-order valence-electron chi connectivity index (χ0n) is 16.0. The Morgan fingerprint density at radius 1 is 1.10 bits per heavy atom. The molecule has 1 saturated carbocycles. The van der Waals surface area contributed by atoms with Gasteiger partial charge in [-0.3, -0.25) is 23.9 Å². The molecule has 3 aromatic rings. The molecule has 1 aliphatic carbocycles. The zero-order valence-corrected chi connectivity index (χ0v) is 16.0. The largest absolute Gasteiger partial charge is 0.326 e. The molecule has 0 unspecified atom stereocenters. The molecule has 1 atom stereocenters. The molecule has 2 amide bonds. The second kappa shape index (κ2) is 6.55. The van der Waals surface area contributed by atoms with Gasteiger partial charge >= 0.3 is 0 Å². The van der Waals surface area contributed by atoms with E-state index in [1.54, 1.807) is 29.2 Å². The molecule has 2 aliphatic rings. The van der Waals surface area contributed by atoms with Gasteiger partial charge in [0.25, 0.3) is 5.91 Å². The van der Waals surface area contributed by atoms with E-state index in [1.807, 2.05) is 28.8 Å². The molecule has 7 heteroatoms. The van der Waals surface area contributed by atoms with E-state index in [-0.39, 0.29) is 30.1 Å². The van der Waals surface area contributed by atoms with E-state index in [4.69, 9.17) is 0 Å². The van der Waals surface area contributed by atoms with Gasteiger partial charge in [-0.15, -0.1) is 0 Å². The molecule has 1 N–H and O–H groups in total. The first-order valence-corrected chi connectivity index (χ1v) is 9.74. The van der Waals surface area contributed by atoms with Gasteiger partial charge in [0.1, 0.15) is 6.04 Å². The van der Waals surface area contributed by atoms with Crippen molar-refractivity contribution in [3.8, 4) is 0 Å². The number of nitrogens with one attached hydrogen (secondary N) is 1. The summed E-state index contributed by atoms with van der Waals surface area (Å²) in [7, 11) is 0. The highest BCUT2D eigenvalue weighted by Gasteiger charge is 2.47. The summed E-state index contributed by atoms with van der Waals surface area (Å²) in [6, 6.07) is 14.0. The molecular formula is C22H20N4O3. The Morgan fingerprint density at radius 3 is 2.52 bits per heavy atom. The number of amides is 2. The number of fused-ring (bicyclic) bond motifs is 3. The number of carbonyl (C=O) groups excluding carboxylic acids is 3. The third-order valence-corrected chi connectivity index (χ3v) is 5.49. The third kappa shape index (κ3) is 2.99. The van der Waals surface area contributed by atoms with Crippen LogP contribution < -0.4 is 10.2 Å². The Kier molecular flexibility index (Phi) is 3.97. The Labute approximate surface area is 167 Å². The fourth-order valence-electron chi connectivity index (χ4n) is 3.91. The van der Waals surface area contributed by atoms with Gasteiger partial charge in [-0.1, -0.05) is 12.1 Å². The topological polar surface area (TPSA) is 84.3 Å². The standard InChI is InChI=1S/C22H20N4O3/c1-13(27)14-6-8-15(9-7-14)23-20(28)12-19-21(29)25(16-10-11-16)22-24-17-4-2-3-5-18(17)26(19)22/h2-9,16,19H,10-12H2,1H3,(H,23,28)/t19-/m0/s1. The van der Waals surface area contributed by atoms with E-state index >= 15 is 0 Å². The number of imidazole rings is 1. The van der Waals surface area contributed by atoms with Crippen LogP contribution in [-0.4, -0.2) is 33.2 Å². The quantitative estimate of drug-likeness (QED) is 0.680. The summed E-state index contributed by atoms with van der Waals surface area (Å²) >= 11 is 0. The van der Waals surface area contributed by atoms with Crippen molar-refractivity contribution >= 4 is 40.3 Å². The van der Waals surface area contributed by atoms with Crippen molar-refractivity contribution in [3.63, 3.8) is 0 Å². The Balaban J connectivity index is 1.41. The van der Waals surface area contributed by atoms with Gasteiger partial charge in [0, 0.05) is 17.3 Å². The maximum absolute atomic E-state index is 13.1. The summed E-state index contributed by atoms with van der Waals surface area (Å²) in [4.78, 5) is 43.6. The first-order chi connectivity index (χ1) is 14.0. The van der Waals surface area contributed by atoms with E-state index in [2.05, 4.69) is 10.3 Å². The molecule has 5 rings (SSSR count). The summed E-state index contributed by atoms with van der Waals surface area (Å²) in [6.07, 6.45) is 1.97. The molecule has 1 fully saturated rings. The lowest BCUT2D eigenvalue weighted by Gasteiger charge is -2.15. The third-order valence-electron chi connectivity index (χ3n) is 5.49. The van der Waals surface area contributed by atoms with Crippen LogP contribution in [0.2, 0.25) is 0 Å². The van der Waals surface area contributed by atoms with Gasteiger partial charge in [0.2, 0.25) is 11.9 Å². The lowest BCUT2D eigenvalue weighted by atomic mass is 10.1. The van der Waals surface area contributed by atoms with Crippen molar-refractivity contribution in [2.75, 3.05) is 10.2 Å². The second-order valence-corrected chi connectivity index (χ2v) is 7.61. The van der Waals surface area contributed by atoms with E-state index in [0.717, 1.165) is 23.9 Å². The number of Topliss-reactive ketones (excluding diaryl/α,β-unsaturated/α-hetero) is 1. The molecule has 2 heterocycles. The summed E-state index contributed by atoms with van der Waals surface area (Å²) in [6.45, 7) is 1.50. The van der Waals surface area contributed by atoms with Crippen LogP contribution in [0.4, 0.5) is 11.6 Å². The van der Waals surface area contributed by atoms with Crippen LogP contribution in [0, 0.1) is 0 Å². The molecule has 29 heavy (non-hydrogen) atoms. The van der Waals surface area contributed by atoms with Crippen molar-refractivity contribution in [1.29, 1.82) is 0 Å². The Hall–Kier alpha value is -3.48. The highest BCUT2D eigenvalue weighted by Crippen LogP contribution is 2.42. The second-order valence-electron chi connectivity index (χ2n) is 7.61. The fourth-order valence-corrected chi connectivity index (χ4v) is 3.91. The van der Waals surface area contributed by atoms with Crippen LogP contribution in [0.5, 0.6) is 0 Å². The first kappa shape index (κ1) is 17.6. The summed E-state index contributed by atoms with van der Waals surface area (Å²) in [5.41, 5.74) is 2.87. The van der Waals surface area contributed by atoms with Gasteiger partial charge in [0.05, 0.1) is 17.5 Å². The molecule has 0 saturated heterocycles. The molecule has 146 valence electrons.